The highest BCUT2D eigenvalue weighted by atomic mass is 16.5. The largest absolute Gasteiger partial charge is 0.462 e. The van der Waals surface area contributed by atoms with Crippen molar-refractivity contribution < 1.29 is 19.1 Å². The molecule has 6 nitrogen and oxygen atoms in total. The van der Waals surface area contributed by atoms with Crippen LogP contribution in [0, 0.1) is 0 Å². The number of aromatic nitrogens is 1. The fourth-order valence-electron chi connectivity index (χ4n) is 3.14. The van der Waals surface area contributed by atoms with Gasteiger partial charge in [0.15, 0.2) is 5.75 Å². The third-order valence-electron chi connectivity index (χ3n) is 4.52. The zero-order valence-corrected chi connectivity index (χ0v) is 15.0. The van der Waals surface area contributed by atoms with Crippen LogP contribution in [0.1, 0.15) is 66.1 Å². The van der Waals surface area contributed by atoms with Crippen LogP contribution >= 0.6 is 0 Å². The molecule has 3 rings (SSSR count). The zero-order chi connectivity index (χ0) is 18.8. The van der Waals surface area contributed by atoms with Crippen molar-refractivity contribution in [3.8, 4) is 5.75 Å². The van der Waals surface area contributed by atoms with E-state index in [1.807, 2.05) is 24.3 Å². The Bertz CT molecular complexity index is 895. The summed E-state index contributed by atoms with van der Waals surface area (Å²) in [7, 11) is 0. The standard InChI is InChI=1S/C20H21NO5/c1-4-25-20(24)15-10-21-19(23)17-14(9-16(22)26-18(15)17)13-7-5-12(6-8-13)11(2)3/h5-8,10-11,14H,4,9H2,1-3H3,(H,21,23)/t14-/m1/s1. The molecular weight excluding hydrogens is 334 g/mol. The Morgan fingerprint density at radius 1 is 1.27 bits per heavy atom. The van der Waals surface area contributed by atoms with E-state index in [0.29, 0.717) is 5.92 Å². The van der Waals surface area contributed by atoms with Gasteiger partial charge in [-0.15, -0.1) is 0 Å². The summed E-state index contributed by atoms with van der Waals surface area (Å²) in [6.07, 6.45) is 1.28. The van der Waals surface area contributed by atoms with E-state index >= 15 is 0 Å². The summed E-state index contributed by atoms with van der Waals surface area (Å²) < 4.78 is 10.3. The van der Waals surface area contributed by atoms with Crippen molar-refractivity contribution >= 4 is 11.9 Å². The van der Waals surface area contributed by atoms with Gasteiger partial charge in [0.05, 0.1) is 18.6 Å². The lowest BCUT2D eigenvalue weighted by Gasteiger charge is -2.25. The molecule has 0 saturated heterocycles. The van der Waals surface area contributed by atoms with Crippen molar-refractivity contribution in [2.45, 2.75) is 39.0 Å². The molecule has 136 valence electrons. The topological polar surface area (TPSA) is 85.5 Å². The molecule has 1 N–H and O–H groups in total. The molecule has 2 aromatic rings. The van der Waals surface area contributed by atoms with Gasteiger partial charge in [0.2, 0.25) is 0 Å². The minimum atomic E-state index is -0.636. The number of pyridine rings is 1. The van der Waals surface area contributed by atoms with Crippen molar-refractivity contribution in [2.75, 3.05) is 6.61 Å². The predicted molar refractivity (Wildman–Crippen MR) is 95.6 cm³/mol. The van der Waals surface area contributed by atoms with Crippen LogP contribution < -0.4 is 10.3 Å². The minimum absolute atomic E-state index is 0.00128. The molecule has 1 aromatic carbocycles. The van der Waals surface area contributed by atoms with Crippen LogP contribution in [0.3, 0.4) is 0 Å². The molecular formula is C20H21NO5. The van der Waals surface area contributed by atoms with Gasteiger partial charge in [0, 0.05) is 12.1 Å². The number of hydrogen-bond donors (Lipinski definition) is 1. The molecule has 0 unspecified atom stereocenters. The number of benzene rings is 1. The number of rotatable bonds is 4. The molecule has 1 atom stereocenters. The number of aromatic amines is 1. The van der Waals surface area contributed by atoms with E-state index in [-0.39, 0.29) is 35.5 Å². The van der Waals surface area contributed by atoms with Crippen LogP contribution in [0.4, 0.5) is 0 Å². The van der Waals surface area contributed by atoms with Crippen LogP contribution in [-0.4, -0.2) is 23.5 Å². The van der Waals surface area contributed by atoms with E-state index in [4.69, 9.17) is 9.47 Å². The maximum Gasteiger partial charge on any atom is 0.343 e. The van der Waals surface area contributed by atoms with E-state index in [1.165, 1.54) is 11.8 Å². The number of esters is 2. The quantitative estimate of drug-likeness (QED) is 0.852. The second-order valence-electron chi connectivity index (χ2n) is 6.55. The number of hydrogen-bond acceptors (Lipinski definition) is 5. The lowest BCUT2D eigenvalue weighted by Crippen LogP contribution is -2.30. The van der Waals surface area contributed by atoms with E-state index in [2.05, 4.69) is 18.8 Å². The Kier molecular flexibility index (Phi) is 4.93. The van der Waals surface area contributed by atoms with Gasteiger partial charge in [-0.2, -0.15) is 0 Å². The van der Waals surface area contributed by atoms with E-state index < -0.39 is 17.9 Å². The molecule has 0 saturated carbocycles. The Labute approximate surface area is 151 Å². The normalized spacial score (nSPS) is 16.2. The lowest BCUT2D eigenvalue weighted by molar-refractivity contribution is -0.135. The van der Waals surface area contributed by atoms with E-state index in [1.54, 1.807) is 6.92 Å². The number of H-pyrrole nitrogens is 1. The van der Waals surface area contributed by atoms with E-state index in [9.17, 15) is 14.4 Å². The summed E-state index contributed by atoms with van der Waals surface area (Å²) in [5.41, 5.74) is 1.96. The van der Waals surface area contributed by atoms with Crippen molar-refractivity contribution in [3.05, 3.63) is 63.1 Å². The number of carbonyl (C=O) groups excluding carboxylic acids is 2. The third-order valence-corrected chi connectivity index (χ3v) is 4.52. The number of carbonyl (C=O) groups is 2. The molecule has 0 fully saturated rings. The van der Waals surface area contributed by atoms with Gasteiger partial charge >= 0.3 is 11.9 Å². The Hall–Kier alpha value is -2.89. The molecule has 2 heterocycles. The van der Waals surface area contributed by atoms with Crippen LogP contribution in [0.15, 0.2) is 35.3 Å². The molecule has 1 aliphatic heterocycles. The third kappa shape index (κ3) is 3.27. The first-order chi connectivity index (χ1) is 12.4. The van der Waals surface area contributed by atoms with Crippen molar-refractivity contribution in [1.82, 2.24) is 4.98 Å². The summed E-state index contributed by atoms with van der Waals surface area (Å²) in [5.74, 6) is -1.20. The van der Waals surface area contributed by atoms with Crippen molar-refractivity contribution in [2.24, 2.45) is 0 Å². The lowest BCUT2D eigenvalue weighted by atomic mass is 9.85. The molecule has 6 heteroatoms. The predicted octanol–water partition coefficient (Wildman–Crippen LogP) is 3.12. The first-order valence-electron chi connectivity index (χ1n) is 8.65. The summed E-state index contributed by atoms with van der Waals surface area (Å²) in [6, 6.07) is 7.81. The van der Waals surface area contributed by atoms with Gasteiger partial charge in [-0.05, 0) is 24.0 Å². The first-order valence-corrected chi connectivity index (χ1v) is 8.65. The highest BCUT2D eigenvalue weighted by Crippen LogP contribution is 2.38. The maximum atomic E-state index is 12.5. The maximum absolute atomic E-state index is 12.5. The minimum Gasteiger partial charge on any atom is -0.462 e. The molecule has 0 aliphatic carbocycles. The molecule has 0 spiro atoms. The highest BCUT2D eigenvalue weighted by Gasteiger charge is 2.34. The summed E-state index contributed by atoms with van der Waals surface area (Å²) in [5, 5.41) is 0. The van der Waals surface area contributed by atoms with Crippen LogP contribution in [0.2, 0.25) is 0 Å². The molecule has 0 bridgehead atoms. The van der Waals surface area contributed by atoms with Crippen molar-refractivity contribution in [3.63, 3.8) is 0 Å². The Morgan fingerprint density at radius 2 is 1.96 bits per heavy atom. The van der Waals surface area contributed by atoms with Crippen LogP contribution in [0.25, 0.3) is 0 Å². The fourth-order valence-corrected chi connectivity index (χ4v) is 3.14. The molecule has 0 radical (unpaired) electrons. The van der Waals surface area contributed by atoms with Gasteiger partial charge < -0.3 is 14.5 Å². The van der Waals surface area contributed by atoms with Crippen LogP contribution in [0.5, 0.6) is 5.75 Å². The number of fused-ring (bicyclic) bond motifs is 1. The first kappa shape index (κ1) is 17.9. The molecule has 0 amide bonds. The Balaban J connectivity index is 2.11. The summed E-state index contributed by atoms with van der Waals surface area (Å²) >= 11 is 0. The second-order valence-corrected chi connectivity index (χ2v) is 6.55. The van der Waals surface area contributed by atoms with Gasteiger partial charge in [0.1, 0.15) is 5.56 Å². The average molecular weight is 355 g/mol. The van der Waals surface area contributed by atoms with Gasteiger partial charge in [-0.25, -0.2) is 4.79 Å². The van der Waals surface area contributed by atoms with E-state index in [0.717, 1.165) is 5.56 Å². The zero-order valence-electron chi connectivity index (χ0n) is 15.0. The van der Waals surface area contributed by atoms with Gasteiger partial charge in [-0.3, -0.25) is 9.59 Å². The number of ether oxygens (including phenoxy) is 2. The fraction of sp³-hybridized carbons (Fsp3) is 0.350. The highest BCUT2D eigenvalue weighted by molar-refractivity contribution is 5.94. The monoisotopic (exact) mass is 355 g/mol. The average Bonchev–Trinajstić information content (AvgIpc) is 2.61. The number of nitrogens with one attached hydrogen (secondary N) is 1. The Morgan fingerprint density at radius 3 is 2.58 bits per heavy atom. The van der Waals surface area contributed by atoms with Gasteiger partial charge in [0.25, 0.3) is 5.56 Å². The molecule has 26 heavy (non-hydrogen) atoms. The smallest absolute Gasteiger partial charge is 0.343 e. The second kappa shape index (κ2) is 7.15. The van der Waals surface area contributed by atoms with Crippen LogP contribution in [-0.2, 0) is 9.53 Å². The molecule has 1 aromatic heterocycles. The summed E-state index contributed by atoms with van der Waals surface area (Å²) in [6.45, 7) is 6.05. The van der Waals surface area contributed by atoms with Crippen molar-refractivity contribution in [1.29, 1.82) is 0 Å². The summed E-state index contributed by atoms with van der Waals surface area (Å²) in [4.78, 5) is 39.3. The molecule has 1 aliphatic rings. The SMILES string of the molecule is CCOC(=O)c1c[nH]c(=O)c2c1OC(=O)C[C@@H]2c1ccc(C(C)C)cc1. The van der Waals surface area contributed by atoms with Gasteiger partial charge in [-0.1, -0.05) is 38.1 Å².